The second-order valence-electron chi connectivity index (χ2n) is 10.0. The molecule has 0 unspecified atom stereocenters. The van der Waals surface area contributed by atoms with Crippen molar-refractivity contribution in [3.8, 4) is 28.6 Å². The minimum absolute atomic E-state index is 0.00505. The first-order valence-corrected chi connectivity index (χ1v) is 12.9. The third-order valence-corrected chi connectivity index (χ3v) is 7.13. The number of aromatic hydroxyl groups is 2. The molecule has 3 aromatic rings. The fraction of sp³-hybridized carbons (Fsp3) is 0.444. The Kier molecular flexibility index (Phi) is 8.68. The van der Waals surface area contributed by atoms with Crippen molar-refractivity contribution in [1.29, 1.82) is 0 Å². The lowest BCUT2D eigenvalue weighted by Gasteiger charge is -2.42. The van der Waals surface area contributed by atoms with Crippen molar-refractivity contribution in [3.63, 3.8) is 0 Å². The molecule has 0 spiro atoms. The van der Waals surface area contributed by atoms with Gasteiger partial charge in [-0.25, -0.2) is 0 Å². The first kappa shape index (κ1) is 30.1. The number of aliphatic hydroxyl groups is 7. The summed E-state index contributed by atoms with van der Waals surface area (Å²) >= 11 is 0. The van der Waals surface area contributed by atoms with E-state index in [4.69, 9.17) is 23.4 Å². The molecule has 0 radical (unpaired) electrons. The van der Waals surface area contributed by atoms with Crippen LogP contribution in [-0.2, 0) is 14.2 Å². The van der Waals surface area contributed by atoms with Crippen molar-refractivity contribution < 1.29 is 69.3 Å². The predicted molar refractivity (Wildman–Crippen MR) is 138 cm³/mol. The minimum atomic E-state index is -1.81. The van der Waals surface area contributed by atoms with Gasteiger partial charge in [0.15, 0.2) is 11.7 Å². The van der Waals surface area contributed by atoms with Gasteiger partial charge in [0.25, 0.3) is 0 Å². The molecule has 2 saturated heterocycles. The second kappa shape index (κ2) is 12.1. The quantitative estimate of drug-likeness (QED) is 0.142. The van der Waals surface area contributed by atoms with Crippen molar-refractivity contribution in [3.05, 3.63) is 52.7 Å². The summed E-state index contributed by atoms with van der Waals surface area (Å²) in [6.45, 7) is -1.26. The van der Waals surface area contributed by atoms with Gasteiger partial charge in [0.2, 0.25) is 6.29 Å². The highest BCUT2D eigenvalue weighted by Gasteiger charge is 2.48. The Morgan fingerprint density at radius 1 is 0.738 bits per heavy atom. The zero-order chi connectivity index (χ0) is 30.3. The molecule has 2 fully saturated rings. The van der Waals surface area contributed by atoms with Crippen LogP contribution in [0.4, 0.5) is 0 Å². The normalized spacial score (nSPS) is 33.5. The Bertz CT molecular complexity index is 1440. The summed E-state index contributed by atoms with van der Waals surface area (Å²) in [6, 6.07) is 9.31. The predicted octanol–water partition coefficient (Wildman–Crippen LogP) is -2.13. The van der Waals surface area contributed by atoms with E-state index < -0.39 is 85.8 Å². The fourth-order valence-electron chi connectivity index (χ4n) is 4.76. The summed E-state index contributed by atoms with van der Waals surface area (Å²) in [5.41, 5.74) is -0.196. The van der Waals surface area contributed by atoms with Crippen LogP contribution in [0.1, 0.15) is 0 Å². The molecule has 15 heteroatoms. The average Bonchev–Trinajstić information content (AvgIpc) is 2.96. The largest absolute Gasteiger partial charge is 0.508 e. The highest BCUT2D eigenvalue weighted by Crippen LogP contribution is 2.34. The molecule has 2 aromatic carbocycles. The van der Waals surface area contributed by atoms with Crippen LogP contribution in [0.25, 0.3) is 22.3 Å². The molecule has 0 saturated carbocycles. The van der Waals surface area contributed by atoms with Gasteiger partial charge < -0.3 is 69.3 Å². The summed E-state index contributed by atoms with van der Waals surface area (Å²) < 4.78 is 27.7. The number of fused-ring (bicyclic) bond motifs is 1. The van der Waals surface area contributed by atoms with Crippen LogP contribution >= 0.6 is 0 Å². The molecule has 228 valence electrons. The highest BCUT2D eigenvalue weighted by atomic mass is 16.7. The first-order chi connectivity index (χ1) is 20.0. The van der Waals surface area contributed by atoms with E-state index in [-0.39, 0.29) is 28.2 Å². The number of benzene rings is 2. The van der Waals surface area contributed by atoms with E-state index in [1.54, 1.807) is 0 Å². The number of hydrogen-bond donors (Lipinski definition) is 9. The molecule has 2 aliphatic heterocycles. The molecule has 10 atom stereocenters. The molecule has 5 rings (SSSR count). The third kappa shape index (κ3) is 5.80. The highest BCUT2D eigenvalue weighted by molar-refractivity contribution is 5.86. The summed E-state index contributed by atoms with van der Waals surface area (Å²) in [7, 11) is 0. The van der Waals surface area contributed by atoms with Crippen LogP contribution in [0.3, 0.4) is 0 Å². The Morgan fingerprint density at radius 2 is 1.36 bits per heavy atom. The van der Waals surface area contributed by atoms with Crippen molar-refractivity contribution in [2.24, 2.45) is 0 Å². The standard InChI is InChI=1S/C27H30O15/c28-8-17-20(32)22(34)24(36)26(41-17)38-9-18-21(33)23(35)25(37)27(42-18)39-12-5-13(30)19-14(31)7-15(40-16(19)6-12)10-1-3-11(29)4-2-10/h1-7,17-18,20-30,32-37H,8-9H2/t17-,18-,20+,21-,22+,23+,24+,25-,26-,27-/m1/s1. The number of aliphatic hydroxyl groups excluding tert-OH is 7. The molecule has 2 aliphatic rings. The summed E-state index contributed by atoms with van der Waals surface area (Å²) in [4.78, 5) is 12.7. The topological polar surface area (TPSA) is 249 Å². The number of phenols is 2. The second-order valence-corrected chi connectivity index (χ2v) is 10.0. The van der Waals surface area contributed by atoms with Crippen LogP contribution in [0.2, 0.25) is 0 Å². The van der Waals surface area contributed by atoms with Crippen LogP contribution in [0.15, 0.2) is 51.7 Å². The van der Waals surface area contributed by atoms with Gasteiger partial charge in [0, 0.05) is 23.8 Å². The SMILES string of the molecule is O=c1cc(-c2ccc(O)cc2)oc2cc(O[C@@H]3O[C@H](CO[C@@H]4O[C@H](CO)[C@H](O)[C@H](O)[C@@H]4O)[C@@H](O)[C@H](O)[C@H]3O)cc(O)c12. The average molecular weight is 595 g/mol. The van der Waals surface area contributed by atoms with Crippen LogP contribution in [0, 0.1) is 0 Å². The van der Waals surface area contributed by atoms with E-state index >= 15 is 0 Å². The van der Waals surface area contributed by atoms with Gasteiger partial charge in [0.1, 0.15) is 82.8 Å². The Labute approximate surface area is 236 Å². The van der Waals surface area contributed by atoms with Gasteiger partial charge in [-0.2, -0.15) is 0 Å². The number of ether oxygens (including phenoxy) is 4. The van der Waals surface area contributed by atoms with Crippen LogP contribution < -0.4 is 10.2 Å². The third-order valence-electron chi connectivity index (χ3n) is 7.13. The fourth-order valence-corrected chi connectivity index (χ4v) is 4.76. The van der Waals surface area contributed by atoms with Crippen LogP contribution in [-0.4, -0.2) is 121 Å². The van der Waals surface area contributed by atoms with Crippen molar-refractivity contribution in [2.75, 3.05) is 13.2 Å². The van der Waals surface area contributed by atoms with E-state index in [9.17, 15) is 50.8 Å². The maximum atomic E-state index is 12.7. The Hall–Kier alpha value is -3.35. The first-order valence-electron chi connectivity index (χ1n) is 12.9. The molecular weight excluding hydrogens is 564 g/mol. The molecular formula is C27H30O15. The maximum Gasteiger partial charge on any atom is 0.229 e. The molecule has 3 heterocycles. The summed E-state index contributed by atoms with van der Waals surface area (Å²) in [5, 5.41) is 90.6. The molecule has 9 N–H and O–H groups in total. The lowest BCUT2D eigenvalue weighted by molar-refractivity contribution is -0.323. The minimum Gasteiger partial charge on any atom is -0.508 e. The Balaban J connectivity index is 1.34. The number of phenolic OH excluding ortho intramolecular Hbond substituents is 2. The summed E-state index contributed by atoms with van der Waals surface area (Å²) in [6.07, 6.45) is -16.2. The lowest BCUT2D eigenvalue weighted by atomic mass is 9.98. The molecule has 0 aliphatic carbocycles. The van der Waals surface area contributed by atoms with Gasteiger partial charge in [-0.05, 0) is 24.3 Å². The molecule has 0 bridgehead atoms. The Morgan fingerprint density at radius 3 is 2.02 bits per heavy atom. The lowest BCUT2D eigenvalue weighted by Crippen LogP contribution is -2.62. The monoisotopic (exact) mass is 594 g/mol. The van der Waals surface area contributed by atoms with Gasteiger partial charge >= 0.3 is 0 Å². The molecule has 42 heavy (non-hydrogen) atoms. The van der Waals surface area contributed by atoms with Gasteiger partial charge in [-0.3, -0.25) is 4.79 Å². The zero-order valence-corrected chi connectivity index (χ0v) is 21.7. The molecule has 15 nitrogen and oxygen atoms in total. The maximum absolute atomic E-state index is 12.7. The van der Waals surface area contributed by atoms with Crippen molar-refractivity contribution in [1.82, 2.24) is 0 Å². The number of hydrogen-bond acceptors (Lipinski definition) is 15. The van der Waals surface area contributed by atoms with Gasteiger partial charge in [0.05, 0.1) is 13.2 Å². The van der Waals surface area contributed by atoms with Gasteiger partial charge in [-0.1, -0.05) is 0 Å². The van der Waals surface area contributed by atoms with E-state index in [1.807, 2.05) is 0 Å². The zero-order valence-electron chi connectivity index (χ0n) is 21.7. The van der Waals surface area contributed by atoms with Gasteiger partial charge in [-0.15, -0.1) is 0 Å². The van der Waals surface area contributed by atoms with E-state index in [1.165, 1.54) is 36.4 Å². The van der Waals surface area contributed by atoms with E-state index in [0.717, 1.165) is 6.07 Å². The van der Waals surface area contributed by atoms with Crippen LogP contribution in [0.5, 0.6) is 17.2 Å². The van der Waals surface area contributed by atoms with Crippen molar-refractivity contribution in [2.45, 2.75) is 61.4 Å². The van der Waals surface area contributed by atoms with E-state index in [2.05, 4.69) is 0 Å². The van der Waals surface area contributed by atoms with Crippen molar-refractivity contribution >= 4 is 11.0 Å². The molecule has 1 aromatic heterocycles. The number of rotatable bonds is 7. The summed E-state index contributed by atoms with van der Waals surface area (Å²) in [5.74, 6) is -0.526. The molecule has 0 amide bonds. The smallest absolute Gasteiger partial charge is 0.229 e. The van der Waals surface area contributed by atoms with E-state index in [0.29, 0.717) is 5.56 Å².